The molecule has 6 amide bonds. The second kappa shape index (κ2) is 26.4. The molecule has 3 aliphatic heterocycles. The Morgan fingerprint density at radius 3 is 2.08 bits per heavy atom. The van der Waals surface area contributed by atoms with Gasteiger partial charge in [0.2, 0.25) is 35.4 Å². The van der Waals surface area contributed by atoms with E-state index in [1.807, 2.05) is 60.7 Å². The Morgan fingerprint density at radius 1 is 0.712 bits per heavy atom. The minimum Gasteiger partial charge on any atom is -0.508 e. The lowest BCUT2D eigenvalue weighted by molar-refractivity contribution is -0.138. The number of carbonyl (C=O) groups is 6. The highest BCUT2D eigenvalue weighted by atomic mass is 16.3. The van der Waals surface area contributed by atoms with Crippen LogP contribution in [0.25, 0.3) is 0 Å². The predicted octanol–water partition coefficient (Wildman–Crippen LogP) is 1.84. The third kappa shape index (κ3) is 16.1. The van der Waals surface area contributed by atoms with Crippen molar-refractivity contribution in [1.82, 2.24) is 36.4 Å². The number of likely N-dealkylation sites (tertiary alicyclic amines) is 1. The first kappa shape index (κ1) is 53.5. The van der Waals surface area contributed by atoms with Gasteiger partial charge in [0.15, 0.2) is 5.96 Å². The van der Waals surface area contributed by atoms with E-state index in [0.29, 0.717) is 38.1 Å². The maximum atomic E-state index is 14.5. The van der Waals surface area contributed by atoms with Gasteiger partial charge < -0.3 is 58.7 Å². The SMILES string of the molecule is NC(=O)[C@H](Cc1ccccc1)NC(=O)[C@H](CCCN1CCC(Cc2ccccc2)CC1)NC(=O)CCN1Cc2ccccc2C[C@H](NC(=O)[C@@H](CCCN=C(N)N)NC(=O)[C@@H]2Cc3ccc(O)cc3CN2)C1=O. The Balaban J connectivity index is 0.998. The predicted molar refractivity (Wildman–Crippen MR) is 278 cm³/mol. The van der Waals surface area contributed by atoms with Gasteiger partial charge in [0.1, 0.15) is 29.9 Å². The van der Waals surface area contributed by atoms with Crippen molar-refractivity contribution in [3.8, 4) is 5.75 Å². The first-order valence-electron chi connectivity index (χ1n) is 25.5. The molecule has 12 N–H and O–H groups in total. The molecule has 0 saturated carbocycles. The highest BCUT2D eigenvalue weighted by Crippen LogP contribution is 2.24. The van der Waals surface area contributed by atoms with Crippen molar-refractivity contribution >= 4 is 41.4 Å². The number of phenols is 1. The molecule has 0 radical (unpaired) electrons. The van der Waals surface area contributed by atoms with Gasteiger partial charge in [-0.05, 0) is 122 Å². The summed E-state index contributed by atoms with van der Waals surface area (Å²) in [6.07, 6.45) is 5.15. The van der Waals surface area contributed by atoms with E-state index < -0.39 is 65.7 Å². The number of carbonyl (C=O) groups excluding carboxylic acids is 6. The van der Waals surface area contributed by atoms with Crippen molar-refractivity contribution in [2.24, 2.45) is 28.1 Å². The molecular weight excluding hydrogens is 927 g/mol. The van der Waals surface area contributed by atoms with Crippen LogP contribution < -0.4 is 43.8 Å². The van der Waals surface area contributed by atoms with Crippen molar-refractivity contribution < 1.29 is 33.9 Å². The molecule has 0 bridgehead atoms. The van der Waals surface area contributed by atoms with Crippen LogP contribution in [0.1, 0.15) is 78.3 Å². The molecule has 1 fully saturated rings. The van der Waals surface area contributed by atoms with E-state index in [9.17, 15) is 33.9 Å². The van der Waals surface area contributed by atoms with Crippen LogP contribution in [0.15, 0.2) is 108 Å². The molecule has 1 saturated heterocycles. The second-order valence-electron chi connectivity index (χ2n) is 19.5. The maximum Gasteiger partial charge on any atom is 0.245 e. The third-order valence-corrected chi connectivity index (χ3v) is 14.1. The Labute approximate surface area is 427 Å². The minimum absolute atomic E-state index is 0.0270. The Morgan fingerprint density at radius 2 is 1.37 bits per heavy atom. The lowest BCUT2D eigenvalue weighted by Crippen LogP contribution is -2.57. The molecule has 7 rings (SSSR count). The molecule has 18 nitrogen and oxygen atoms in total. The number of nitrogens with zero attached hydrogens (tertiary/aromatic N) is 3. The van der Waals surface area contributed by atoms with E-state index in [1.165, 1.54) is 10.5 Å². The van der Waals surface area contributed by atoms with Crippen LogP contribution in [0.4, 0.5) is 0 Å². The van der Waals surface area contributed by atoms with Gasteiger partial charge in [-0.1, -0.05) is 91.0 Å². The first-order chi connectivity index (χ1) is 35.3. The van der Waals surface area contributed by atoms with Gasteiger partial charge >= 0.3 is 0 Å². The van der Waals surface area contributed by atoms with Crippen molar-refractivity contribution in [3.63, 3.8) is 0 Å². The molecule has 18 heteroatoms. The van der Waals surface area contributed by atoms with Crippen LogP contribution in [-0.4, -0.2) is 119 Å². The van der Waals surface area contributed by atoms with E-state index in [0.717, 1.165) is 66.7 Å². The van der Waals surface area contributed by atoms with Crippen molar-refractivity contribution in [2.45, 2.75) is 114 Å². The molecule has 0 aliphatic carbocycles. The summed E-state index contributed by atoms with van der Waals surface area (Å²) in [5, 5.41) is 24.7. The van der Waals surface area contributed by atoms with Crippen LogP contribution in [0.2, 0.25) is 0 Å². The third-order valence-electron chi connectivity index (χ3n) is 14.1. The molecule has 5 atom stereocenters. The average molecular weight is 998 g/mol. The molecule has 0 unspecified atom stereocenters. The van der Waals surface area contributed by atoms with Crippen molar-refractivity contribution in [1.29, 1.82) is 0 Å². The second-order valence-corrected chi connectivity index (χ2v) is 19.5. The standard InChI is InChI=1S/C55H71N11O7/c56-50(69)46(30-37-13-5-2-6-14-37)63-51(70)44(18-10-25-65-26-21-38(22-27-65)29-36-11-3-1-4-12-36)61-49(68)23-28-66-35-41-16-8-7-15-39(41)33-48(54(66)73)64-52(71)45(17-9-24-59-55(57)58)62-53(72)47-32-40-19-20-43(67)31-42(40)34-60-47/h1-8,11-16,19-20,31,38,44-48,60,67H,9-10,17-18,21-30,32-35H2,(H2,56,69)(H,61,68)(H,62,72)(H,63,70)(H,64,71)(H4,57,58,59)/t44-,45+,46-,47-,48-/m0/s1. The summed E-state index contributed by atoms with van der Waals surface area (Å²) in [7, 11) is 0. The number of primary amides is 1. The number of nitrogens with two attached hydrogens (primary N) is 3. The number of guanidine groups is 1. The van der Waals surface area contributed by atoms with Crippen LogP contribution in [-0.2, 0) is 67.5 Å². The van der Waals surface area contributed by atoms with E-state index in [1.54, 1.807) is 18.2 Å². The van der Waals surface area contributed by atoms with Gasteiger partial charge in [-0.25, -0.2) is 0 Å². The zero-order chi connectivity index (χ0) is 51.7. The number of benzene rings is 4. The fourth-order valence-corrected chi connectivity index (χ4v) is 10.0. The molecular formula is C55H71N11O7. The summed E-state index contributed by atoms with van der Waals surface area (Å²) in [4.78, 5) is 91.1. The molecule has 4 aromatic rings. The number of rotatable bonds is 23. The molecule has 0 aromatic heterocycles. The first-order valence-corrected chi connectivity index (χ1v) is 25.5. The molecule has 0 spiro atoms. The lowest BCUT2D eigenvalue weighted by atomic mass is 9.90. The van der Waals surface area contributed by atoms with Gasteiger partial charge in [-0.3, -0.25) is 33.8 Å². The number of aliphatic imine (C=N–C) groups is 1. The Kier molecular flexibility index (Phi) is 19.3. The van der Waals surface area contributed by atoms with Gasteiger partial charge in [0, 0.05) is 45.4 Å². The molecule has 388 valence electrons. The lowest BCUT2D eigenvalue weighted by Gasteiger charge is -2.32. The summed E-state index contributed by atoms with van der Waals surface area (Å²) in [6, 6.07) is 27.5. The highest BCUT2D eigenvalue weighted by molar-refractivity contribution is 5.94. The van der Waals surface area contributed by atoms with Crippen LogP contribution in [0.3, 0.4) is 0 Å². The zero-order valence-electron chi connectivity index (χ0n) is 41.5. The average Bonchev–Trinajstić information content (AvgIpc) is 3.51. The number of fused-ring (bicyclic) bond motifs is 2. The number of piperidine rings is 1. The van der Waals surface area contributed by atoms with Crippen molar-refractivity contribution in [3.05, 3.63) is 137 Å². The summed E-state index contributed by atoms with van der Waals surface area (Å²) >= 11 is 0. The van der Waals surface area contributed by atoms with Crippen LogP contribution in [0, 0.1) is 5.92 Å². The van der Waals surface area contributed by atoms with E-state index >= 15 is 0 Å². The summed E-state index contributed by atoms with van der Waals surface area (Å²) in [5.41, 5.74) is 22.5. The van der Waals surface area contributed by atoms with E-state index in [2.05, 4.69) is 60.7 Å². The largest absolute Gasteiger partial charge is 0.508 e. The number of phenolic OH excluding ortho intramolecular Hbond substituents is 1. The number of aromatic hydroxyl groups is 1. The van der Waals surface area contributed by atoms with Crippen LogP contribution in [0.5, 0.6) is 5.75 Å². The summed E-state index contributed by atoms with van der Waals surface area (Å²) < 4.78 is 0. The number of amides is 6. The molecule has 3 heterocycles. The maximum absolute atomic E-state index is 14.5. The van der Waals surface area contributed by atoms with Crippen molar-refractivity contribution in [2.75, 3.05) is 32.7 Å². The summed E-state index contributed by atoms with van der Waals surface area (Å²) in [6.45, 7) is 3.31. The molecule has 3 aliphatic rings. The number of hydrogen-bond acceptors (Lipinski definition) is 10. The molecule has 73 heavy (non-hydrogen) atoms. The monoisotopic (exact) mass is 998 g/mol. The highest BCUT2D eigenvalue weighted by Gasteiger charge is 2.35. The van der Waals surface area contributed by atoms with Gasteiger partial charge in [-0.2, -0.15) is 0 Å². The normalized spacial score (nSPS) is 18.1. The van der Waals surface area contributed by atoms with Crippen LogP contribution >= 0.6 is 0 Å². The fourth-order valence-electron chi connectivity index (χ4n) is 10.0. The Hall–Kier alpha value is -7.31. The number of nitrogens with one attached hydrogen (secondary N) is 5. The minimum atomic E-state index is -1.05. The summed E-state index contributed by atoms with van der Waals surface area (Å²) in [5.74, 6) is -2.45. The topological polar surface area (TPSA) is 280 Å². The quantitative estimate of drug-likeness (QED) is 0.0294. The van der Waals surface area contributed by atoms with Gasteiger partial charge in [-0.15, -0.1) is 0 Å². The smallest absolute Gasteiger partial charge is 0.245 e. The Bertz CT molecular complexity index is 2550. The number of hydrogen-bond donors (Lipinski definition) is 9. The fraction of sp³-hybridized carbons (Fsp3) is 0.436. The zero-order valence-corrected chi connectivity index (χ0v) is 41.5. The van der Waals surface area contributed by atoms with E-state index in [4.69, 9.17) is 17.2 Å². The van der Waals surface area contributed by atoms with Gasteiger partial charge in [0.05, 0.1) is 6.04 Å². The van der Waals surface area contributed by atoms with E-state index in [-0.39, 0.29) is 57.0 Å². The van der Waals surface area contributed by atoms with Gasteiger partial charge in [0.25, 0.3) is 0 Å². The molecule has 4 aromatic carbocycles.